The van der Waals surface area contributed by atoms with Gasteiger partial charge in [0, 0.05) is 11.1 Å². The van der Waals surface area contributed by atoms with Crippen LogP contribution in [0.4, 0.5) is 5.69 Å². The summed E-state index contributed by atoms with van der Waals surface area (Å²) in [5.74, 6) is -0.1000. The predicted octanol–water partition coefficient (Wildman–Crippen LogP) is 1.92. The lowest BCUT2D eigenvalue weighted by Crippen LogP contribution is -3.13. The Kier molecular flexibility index (Phi) is 5.39. The van der Waals surface area contributed by atoms with Crippen molar-refractivity contribution in [1.29, 1.82) is 0 Å². The molecule has 3 rings (SSSR count). The zero-order valence-corrected chi connectivity index (χ0v) is 13.8. The number of carbonyl (C=O) groups excluding carboxylic acids is 2. The molecule has 1 amide bonds. The molecule has 124 valence electrons. The van der Waals surface area contributed by atoms with E-state index in [9.17, 15) is 9.59 Å². The minimum absolute atomic E-state index is 0.0276. The normalized spacial score (nSPS) is 15.0. The molecule has 1 fully saturated rings. The Balaban J connectivity index is 1.72. The number of hydrogen-bond donors (Lipinski definition) is 2. The van der Waals surface area contributed by atoms with E-state index in [0.29, 0.717) is 23.4 Å². The molecule has 0 bridgehead atoms. The van der Waals surface area contributed by atoms with Gasteiger partial charge in [0.1, 0.15) is 0 Å². The van der Waals surface area contributed by atoms with Crippen LogP contribution in [0.25, 0.3) is 0 Å². The quantitative estimate of drug-likeness (QED) is 0.826. The van der Waals surface area contributed by atoms with Gasteiger partial charge in [-0.05, 0) is 31.4 Å². The third-order valence-corrected chi connectivity index (χ3v) is 4.45. The summed E-state index contributed by atoms with van der Waals surface area (Å²) in [4.78, 5) is 26.4. The van der Waals surface area contributed by atoms with Gasteiger partial charge in [-0.25, -0.2) is 0 Å². The molecule has 2 N–H and O–H groups in total. The second-order valence-corrected chi connectivity index (χ2v) is 6.28. The van der Waals surface area contributed by atoms with E-state index in [-0.39, 0.29) is 11.7 Å². The maximum absolute atomic E-state index is 12.7. The Labute approximate surface area is 142 Å². The van der Waals surface area contributed by atoms with Crippen molar-refractivity contribution in [2.75, 3.05) is 25.0 Å². The molecule has 2 aromatic rings. The van der Waals surface area contributed by atoms with E-state index in [1.165, 1.54) is 24.2 Å². The SMILES string of the molecule is O=C(C[NH+]1CCCCC1)Nc1ccccc1C(=O)c1ccccc1. The fraction of sp³-hybridized carbons (Fsp3) is 0.300. The molecule has 4 nitrogen and oxygen atoms in total. The van der Waals surface area contributed by atoms with Gasteiger partial charge in [-0.2, -0.15) is 0 Å². The number of para-hydroxylation sites is 1. The summed E-state index contributed by atoms with van der Waals surface area (Å²) in [7, 11) is 0. The number of benzene rings is 2. The number of hydrogen-bond acceptors (Lipinski definition) is 2. The molecule has 1 aliphatic heterocycles. The Bertz CT molecular complexity index is 707. The molecule has 0 aromatic heterocycles. The van der Waals surface area contributed by atoms with Crippen LogP contribution in [0.15, 0.2) is 54.6 Å². The Morgan fingerprint density at radius 3 is 2.29 bits per heavy atom. The smallest absolute Gasteiger partial charge is 0.279 e. The minimum atomic E-state index is -0.0724. The predicted molar refractivity (Wildman–Crippen MR) is 94.4 cm³/mol. The van der Waals surface area contributed by atoms with E-state index in [2.05, 4.69) is 5.32 Å². The second-order valence-electron chi connectivity index (χ2n) is 6.28. The lowest BCUT2D eigenvalue weighted by molar-refractivity contribution is -0.896. The molecule has 0 radical (unpaired) electrons. The van der Waals surface area contributed by atoms with Crippen LogP contribution < -0.4 is 10.2 Å². The number of carbonyl (C=O) groups is 2. The van der Waals surface area contributed by atoms with Gasteiger partial charge in [-0.1, -0.05) is 42.5 Å². The summed E-state index contributed by atoms with van der Waals surface area (Å²) in [6.07, 6.45) is 3.64. The van der Waals surface area contributed by atoms with E-state index in [4.69, 9.17) is 0 Å². The molecule has 1 aliphatic rings. The van der Waals surface area contributed by atoms with Crippen LogP contribution in [0.3, 0.4) is 0 Å². The van der Waals surface area contributed by atoms with Gasteiger partial charge in [0.2, 0.25) is 0 Å². The summed E-state index contributed by atoms with van der Waals surface area (Å²) in [5, 5.41) is 2.93. The average Bonchev–Trinajstić information content (AvgIpc) is 2.63. The molecule has 0 aliphatic carbocycles. The number of likely N-dealkylation sites (tertiary alicyclic amines) is 1. The Hall–Kier alpha value is -2.46. The van der Waals surface area contributed by atoms with Gasteiger partial charge in [-0.3, -0.25) is 9.59 Å². The second kappa shape index (κ2) is 7.88. The molecule has 1 heterocycles. The average molecular weight is 323 g/mol. The molecule has 4 heteroatoms. The van der Waals surface area contributed by atoms with Crippen molar-refractivity contribution in [2.24, 2.45) is 0 Å². The van der Waals surface area contributed by atoms with Crippen molar-refractivity contribution in [3.63, 3.8) is 0 Å². The summed E-state index contributed by atoms with van der Waals surface area (Å²) in [6, 6.07) is 16.4. The molecule has 0 spiro atoms. The van der Waals surface area contributed by atoms with Crippen LogP contribution in [-0.4, -0.2) is 31.3 Å². The van der Waals surface area contributed by atoms with Gasteiger partial charge < -0.3 is 10.2 Å². The maximum atomic E-state index is 12.7. The van der Waals surface area contributed by atoms with Crippen molar-refractivity contribution in [3.8, 4) is 0 Å². The van der Waals surface area contributed by atoms with E-state index in [0.717, 1.165) is 13.1 Å². The third kappa shape index (κ3) is 4.09. The lowest BCUT2D eigenvalue weighted by Gasteiger charge is -2.23. The topological polar surface area (TPSA) is 50.6 Å². The first-order valence-electron chi connectivity index (χ1n) is 8.56. The number of amides is 1. The van der Waals surface area contributed by atoms with Crippen LogP contribution in [0, 0.1) is 0 Å². The molecule has 0 saturated carbocycles. The lowest BCUT2D eigenvalue weighted by atomic mass is 10.0. The summed E-state index contributed by atoms with van der Waals surface area (Å²) in [5.41, 5.74) is 1.75. The minimum Gasteiger partial charge on any atom is -0.327 e. The number of piperidine rings is 1. The number of ketones is 1. The molecule has 1 saturated heterocycles. The molecule has 24 heavy (non-hydrogen) atoms. The van der Waals surface area contributed by atoms with Crippen LogP contribution in [-0.2, 0) is 4.79 Å². The van der Waals surface area contributed by atoms with Crippen LogP contribution in [0.1, 0.15) is 35.2 Å². The van der Waals surface area contributed by atoms with Gasteiger partial charge in [0.15, 0.2) is 12.3 Å². The molecule has 0 unspecified atom stereocenters. The zero-order valence-electron chi connectivity index (χ0n) is 13.8. The van der Waals surface area contributed by atoms with E-state index in [1.54, 1.807) is 24.3 Å². The molecular formula is C20H23N2O2+. The first-order valence-corrected chi connectivity index (χ1v) is 8.56. The van der Waals surface area contributed by atoms with Crippen LogP contribution >= 0.6 is 0 Å². The number of quaternary nitrogens is 1. The highest BCUT2D eigenvalue weighted by Crippen LogP contribution is 2.19. The van der Waals surface area contributed by atoms with Gasteiger partial charge in [0.25, 0.3) is 5.91 Å². The van der Waals surface area contributed by atoms with Crippen molar-refractivity contribution in [3.05, 3.63) is 65.7 Å². The zero-order chi connectivity index (χ0) is 16.8. The highest BCUT2D eigenvalue weighted by molar-refractivity contribution is 6.13. The summed E-state index contributed by atoms with van der Waals surface area (Å²) < 4.78 is 0. The fourth-order valence-corrected chi connectivity index (χ4v) is 3.19. The standard InChI is InChI=1S/C20H22N2O2/c23-19(15-22-13-7-2-8-14-22)21-18-12-6-5-11-17(18)20(24)16-9-3-1-4-10-16/h1,3-6,9-12H,2,7-8,13-15H2,(H,21,23)/p+1. The highest BCUT2D eigenvalue weighted by Gasteiger charge is 2.19. The number of anilines is 1. The monoisotopic (exact) mass is 323 g/mol. The third-order valence-electron chi connectivity index (χ3n) is 4.45. The van der Waals surface area contributed by atoms with Crippen molar-refractivity contribution in [1.82, 2.24) is 0 Å². The van der Waals surface area contributed by atoms with Crippen molar-refractivity contribution < 1.29 is 14.5 Å². The fourth-order valence-electron chi connectivity index (χ4n) is 3.19. The van der Waals surface area contributed by atoms with E-state index in [1.807, 2.05) is 30.3 Å². The summed E-state index contributed by atoms with van der Waals surface area (Å²) >= 11 is 0. The first kappa shape index (κ1) is 16.4. The van der Waals surface area contributed by atoms with E-state index >= 15 is 0 Å². The molecular weight excluding hydrogens is 300 g/mol. The van der Waals surface area contributed by atoms with Crippen LogP contribution in [0.2, 0.25) is 0 Å². The van der Waals surface area contributed by atoms with Gasteiger partial charge in [-0.15, -0.1) is 0 Å². The van der Waals surface area contributed by atoms with Gasteiger partial charge in [0.05, 0.1) is 18.8 Å². The van der Waals surface area contributed by atoms with Gasteiger partial charge >= 0.3 is 0 Å². The number of nitrogens with one attached hydrogen (secondary N) is 2. The largest absolute Gasteiger partial charge is 0.327 e. The number of rotatable bonds is 5. The Morgan fingerprint density at radius 1 is 0.875 bits per heavy atom. The summed E-state index contributed by atoms with van der Waals surface area (Å²) in [6.45, 7) is 2.57. The van der Waals surface area contributed by atoms with Crippen LogP contribution in [0.5, 0.6) is 0 Å². The molecule has 0 atom stereocenters. The van der Waals surface area contributed by atoms with E-state index < -0.39 is 0 Å². The Morgan fingerprint density at radius 2 is 1.54 bits per heavy atom. The highest BCUT2D eigenvalue weighted by atomic mass is 16.2. The molecule has 2 aromatic carbocycles. The van der Waals surface area contributed by atoms with Crippen molar-refractivity contribution >= 4 is 17.4 Å². The first-order chi connectivity index (χ1) is 11.7. The van der Waals surface area contributed by atoms with Crippen molar-refractivity contribution in [2.45, 2.75) is 19.3 Å². The maximum Gasteiger partial charge on any atom is 0.279 e.